The normalized spacial score (nSPS) is 11.7. The summed E-state index contributed by atoms with van der Waals surface area (Å²) in [5.74, 6) is 0. The van der Waals surface area contributed by atoms with Gasteiger partial charge in [-0.25, -0.2) is 4.99 Å². The highest BCUT2D eigenvalue weighted by Crippen LogP contribution is 2.28. The van der Waals surface area contributed by atoms with Crippen LogP contribution < -0.4 is 4.80 Å². The van der Waals surface area contributed by atoms with Crippen LogP contribution in [0.25, 0.3) is 11.3 Å². The van der Waals surface area contributed by atoms with Crippen molar-refractivity contribution in [3.63, 3.8) is 0 Å². The van der Waals surface area contributed by atoms with Crippen LogP contribution >= 0.6 is 34.5 Å². The van der Waals surface area contributed by atoms with Gasteiger partial charge in [0.2, 0.25) is 0 Å². The Labute approximate surface area is 178 Å². The fourth-order valence-electron chi connectivity index (χ4n) is 3.03. The molecule has 2 nitrogen and oxygen atoms in total. The summed E-state index contributed by atoms with van der Waals surface area (Å²) >= 11 is 14.1. The number of hydrogen-bond acceptors (Lipinski definition) is 2. The highest BCUT2D eigenvalue weighted by atomic mass is 35.5. The molecule has 0 aliphatic rings. The summed E-state index contributed by atoms with van der Waals surface area (Å²) in [5, 5.41) is 3.58. The Morgan fingerprint density at radius 2 is 1.54 bits per heavy atom. The van der Waals surface area contributed by atoms with Gasteiger partial charge in [-0.15, -0.1) is 11.3 Å². The second-order valence-corrected chi connectivity index (χ2v) is 8.04. The van der Waals surface area contributed by atoms with E-state index >= 15 is 0 Å². The first-order valence-corrected chi connectivity index (χ1v) is 10.6. The van der Waals surface area contributed by atoms with Gasteiger partial charge in [0.1, 0.15) is 0 Å². The van der Waals surface area contributed by atoms with E-state index in [0.717, 1.165) is 39.7 Å². The van der Waals surface area contributed by atoms with Crippen LogP contribution in [0, 0.1) is 0 Å². The molecule has 0 fully saturated rings. The second-order valence-electron chi connectivity index (χ2n) is 6.36. The molecule has 3 aromatic carbocycles. The molecule has 0 aliphatic heterocycles. The van der Waals surface area contributed by atoms with Crippen LogP contribution in [0.1, 0.15) is 5.56 Å². The Kier molecular flexibility index (Phi) is 5.96. The lowest BCUT2D eigenvalue weighted by Crippen LogP contribution is -2.17. The number of hydrogen-bond donors (Lipinski definition) is 0. The molecule has 0 atom stereocenters. The van der Waals surface area contributed by atoms with Crippen LogP contribution in [0.3, 0.4) is 0 Å². The Hall–Kier alpha value is -2.33. The zero-order valence-electron chi connectivity index (χ0n) is 15.1. The van der Waals surface area contributed by atoms with Crippen molar-refractivity contribution in [1.29, 1.82) is 0 Å². The Balaban J connectivity index is 1.77. The number of rotatable bonds is 5. The SMILES string of the molecule is Clc1ccc(N=c2scc(-c3ccccc3Cl)n2CCc2ccccc2)cc1. The van der Waals surface area contributed by atoms with Crippen molar-refractivity contribution in [2.24, 2.45) is 4.99 Å². The lowest BCUT2D eigenvalue weighted by molar-refractivity contribution is 0.684. The van der Waals surface area contributed by atoms with E-state index in [0.29, 0.717) is 5.02 Å². The first-order chi connectivity index (χ1) is 13.7. The smallest absolute Gasteiger partial charge is 0.190 e. The first kappa shape index (κ1) is 19.0. The average molecular weight is 425 g/mol. The van der Waals surface area contributed by atoms with E-state index in [1.54, 1.807) is 11.3 Å². The molecule has 140 valence electrons. The highest BCUT2D eigenvalue weighted by Gasteiger charge is 2.11. The minimum atomic E-state index is 0.707. The van der Waals surface area contributed by atoms with Gasteiger partial charge >= 0.3 is 0 Å². The predicted molar refractivity (Wildman–Crippen MR) is 120 cm³/mol. The number of aryl methyl sites for hydroxylation is 1. The Morgan fingerprint density at radius 1 is 0.821 bits per heavy atom. The number of nitrogens with zero attached hydrogens (tertiary/aromatic N) is 2. The van der Waals surface area contributed by atoms with Gasteiger partial charge in [-0.1, -0.05) is 71.7 Å². The molecule has 0 aliphatic carbocycles. The van der Waals surface area contributed by atoms with Crippen molar-refractivity contribution in [1.82, 2.24) is 4.57 Å². The molecule has 0 saturated heterocycles. The fraction of sp³-hybridized carbons (Fsp3) is 0.0870. The highest BCUT2D eigenvalue weighted by molar-refractivity contribution is 7.07. The van der Waals surface area contributed by atoms with Crippen molar-refractivity contribution in [3.05, 3.63) is 105 Å². The van der Waals surface area contributed by atoms with Crippen LogP contribution in [0.5, 0.6) is 0 Å². The largest absolute Gasteiger partial charge is 0.316 e. The number of benzene rings is 3. The van der Waals surface area contributed by atoms with Crippen molar-refractivity contribution >= 4 is 40.2 Å². The summed E-state index contributed by atoms with van der Waals surface area (Å²) in [6.45, 7) is 0.820. The van der Waals surface area contributed by atoms with Gasteiger partial charge in [-0.2, -0.15) is 0 Å². The van der Waals surface area contributed by atoms with E-state index in [1.807, 2.05) is 48.5 Å². The van der Waals surface area contributed by atoms with Gasteiger partial charge in [0.25, 0.3) is 0 Å². The molecule has 5 heteroatoms. The number of halogens is 2. The summed E-state index contributed by atoms with van der Waals surface area (Å²) in [6, 6.07) is 26.0. The maximum atomic E-state index is 6.48. The lowest BCUT2D eigenvalue weighted by atomic mass is 10.1. The van der Waals surface area contributed by atoms with Gasteiger partial charge in [-0.3, -0.25) is 0 Å². The molecule has 1 aromatic heterocycles. The molecule has 0 N–H and O–H groups in total. The van der Waals surface area contributed by atoms with Gasteiger partial charge in [0, 0.05) is 27.5 Å². The molecule has 28 heavy (non-hydrogen) atoms. The van der Waals surface area contributed by atoms with Gasteiger partial charge in [0.05, 0.1) is 11.4 Å². The van der Waals surface area contributed by atoms with E-state index in [2.05, 4.69) is 40.3 Å². The first-order valence-electron chi connectivity index (χ1n) is 8.98. The minimum Gasteiger partial charge on any atom is -0.316 e. The third-order valence-electron chi connectivity index (χ3n) is 4.47. The summed E-state index contributed by atoms with van der Waals surface area (Å²) < 4.78 is 2.24. The number of thiazole rings is 1. The molecular formula is C23H18Cl2N2S. The maximum absolute atomic E-state index is 6.48. The third-order valence-corrected chi connectivity index (χ3v) is 5.91. The topological polar surface area (TPSA) is 17.3 Å². The van der Waals surface area contributed by atoms with Crippen LogP contribution in [0.15, 0.2) is 89.2 Å². The van der Waals surface area contributed by atoms with E-state index in [4.69, 9.17) is 28.2 Å². The van der Waals surface area contributed by atoms with Crippen molar-refractivity contribution in [2.45, 2.75) is 13.0 Å². The van der Waals surface area contributed by atoms with Crippen LogP contribution in [0.4, 0.5) is 5.69 Å². The van der Waals surface area contributed by atoms with Crippen LogP contribution in [0.2, 0.25) is 10.0 Å². The van der Waals surface area contributed by atoms with E-state index in [1.165, 1.54) is 5.56 Å². The number of aromatic nitrogens is 1. The molecule has 0 bridgehead atoms. The van der Waals surface area contributed by atoms with Gasteiger partial charge < -0.3 is 4.57 Å². The van der Waals surface area contributed by atoms with E-state index < -0.39 is 0 Å². The third kappa shape index (κ3) is 4.39. The molecule has 4 aromatic rings. The van der Waals surface area contributed by atoms with Crippen molar-refractivity contribution in [3.8, 4) is 11.3 Å². The summed E-state index contributed by atoms with van der Waals surface area (Å²) in [7, 11) is 0. The van der Waals surface area contributed by atoms with Crippen molar-refractivity contribution in [2.75, 3.05) is 0 Å². The monoisotopic (exact) mass is 424 g/mol. The molecule has 1 heterocycles. The Bertz CT molecular complexity index is 1130. The zero-order chi connectivity index (χ0) is 19.3. The predicted octanol–water partition coefficient (Wildman–Crippen LogP) is 7.00. The molecular weight excluding hydrogens is 407 g/mol. The molecule has 0 spiro atoms. The van der Waals surface area contributed by atoms with Gasteiger partial charge in [-0.05, 0) is 42.3 Å². The quantitative estimate of drug-likeness (QED) is 0.328. The molecule has 4 rings (SSSR count). The minimum absolute atomic E-state index is 0.707. The van der Waals surface area contributed by atoms with E-state index in [-0.39, 0.29) is 0 Å². The second kappa shape index (κ2) is 8.78. The van der Waals surface area contributed by atoms with Crippen LogP contribution in [-0.4, -0.2) is 4.57 Å². The molecule has 0 unspecified atom stereocenters. The summed E-state index contributed by atoms with van der Waals surface area (Å²) in [4.78, 5) is 5.79. The van der Waals surface area contributed by atoms with Gasteiger partial charge in [0.15, 0.2) is 4.80 Å². The standard InChI is InChI=1S/C23H18Cl2N2S/c24-18-10-12-19(13-11-18)26-23-27(15-14-17-6-2-1-3-7-17)22(16-28-23)20-8-4-5-9-21(20)25/h1-13,16H,14-15H2. The molecule has 0 radical (unpaired) electrons. The van der Waals surface area contributed by atoms with Crippen molar-refractivity contribution < 1.29 is 0 Å². The maximum Gasteiger partial charge on any atom is 0.190 e. The molecule has 0 amide bonds. The summed E-state index contributed by atoms with van der Waals surface area (Å²) in [5.41, 5.74) is 4.28. The Morgan fingerprint density at radius 3 is 2.29 bits per heavy atom. The average Bonchev–Trinajstić information content (AvgIpc) is 3.11. The van der Waals surface area contributed by atoms with E-state index in [9.17, 15) is 0 Å². The lowest BCUT2D eigenvalue weighted by Gasteiger charge is -2.11. The zero-order valence-corrected chi connectivity index (χ0v) is 17.4. The fourth-order valence-corrected chi connectivity index (χ4v) is 4.34. The summed E-state index contributed by atoms with van der Waals surface area (Å²) in [6.07, 6.45) is 0.919. The molecule has 0 saturated carbocycles. The van der Waals surface area contributed by atoms with Crippen LogP contribution in [-0.2, 0) is 13.0 Å².